The highest BCUT2D eigenvalue weighted by molar-refractivity contribution is 5.95. The summed E-state index contributed by atoms with van der Waals surface area (Å²) < 4.78 is 1.20. The predicted octanol–water partition coefficient (Wildman–Crippen LogP) is 2.40. The maximum absolute atomic E-state index is 12.3. The number of carboxylic acid groups (broad SMARTS) is 1. The molecule has 110 valence electrons. The van der Waals surface area contributed by atoms with Crippen molar-refractivity contribution in [3.05, 3.63) is 47.3 Å². The molecule has 2 N–H and O–H groups in total. The van der Waals surface area contributed by atoms with Gasteiger partial charge >= 0.3 is 5.97 Å². The van der Waals surface area contributed by atoms with Crippen molar-refractivity contribution in [2.45, 2.75) is 26.8 Å². The molecule has 0 fully saturated rings. The molecule has 0 saturated carbocycles. The van der Waals surface area contributed by atoms with Gasteiger partial charge in [0, 0.05) is 11.9 Å². The van der Waals surface area contributed by atoms with Crippen LogP contribution < -0.4 is 5.32 Å². The minimum Gasteiger partial charge on any atom is -0.477 e. The van der Waals surface area contributed by atoms with E-state index in [2.05, 4.69) is 10.4 Å². The number of amides is 1. The zero-order valence-electron chi connectivity index (χ0n) is 12.1. The summed E-state index contributed by atoms with van der Waals surface area (Å²) in [6.07, 6.45) is 1.37. The smallest absolute Gasteiger partial charge is 0.354 e. The third-order valence-corrected chi connectivity index (χ3v) is 3.50. The first kappa shape index (κ1) is 14.8. The third-order valence-electron chi connectivity index (χ3n) is 3.50. The first-order valence-electron chi connectivity index (χ1n) is 6.55. The minimum absolute atomic E-state index is 0.0152. The van der Waals surface area contributed by atoms with Crippen LogP contribution in [-0.2, 0) is 4.79 Å². The molecule has 1 atom stereocenters. The van der Waals surface area contributed by atoms with Gasteiger partial charge in [0.15, 0.2) is 0 Å². The molecule has 0 aliphatic carbocycles. The highest BCUT2D eigenvalue weighted by atomic mass is 16.4. The molecular weight excluding hydrogens is 270 g/mol. The minimum atomic E-state index is -1.11. The molecule has 0 aliphatic rings. The molecule has 2 rings (SSSR count). The van der Waals surface area contributed by atoms with Crippen LogP contribution in [0.15, 0.2) is 30.5 Å². The Kier molecular flexibility index (Phi) is 4.07. The zero-order valence-corrected chi connectivity index (χ0v) is 12.1. The number of hydrogen-bond donors (Lipinski definition) is 2. The van der Waals surface area contributed by atoms with E-state index < -0.39 is 12.0 Å². The maximum Gasteiger partial charge on any atom is 0.354 e. The highest BCUT2D eigenvalue weighted by Gasteiger charge is 2.21. The van der Waals surface area contributed by atoms with Gasteiger partial charge in [0.2, 0.25) is 5.91 Å². The van der Waals surface area contributed by atoms with E-state index in [1.165, 1.54) is 16.9 Å². The van der Waals surface area contributed by atoms with Gasteiger partial charge in [0.25, 0.3) is 0 Å². The topological polar surface area (TPSA) is 84.2 Å². The summed E-state index contributed by atoms with van der Waals surface area (Å²) in [5.41, 5.74) is 2.76. The second-order valence-electron chi connectivity index (χ2n) is 4.88. The highest BCUT2D eigenvalue weighted by Crippen LogP contribution is 2.20. The molecule has 2 aromatic rings. The van der Waals surface area contributed by atoms with Crippen molar-refractivity contribution in [3.8, 4) is 0 Å². The van der Waals surface area contributed by atoms with E-state index in [0.717, 1.165) is 16.8 Å². The van der Waals surface area contributed by atoms with E-state index >= 15 is 0 Å². The second kappa shape index (κ2) is 5.78. The Morgan fingerprint density at radius 3 is 2.67 bits per heavy atom. The lowest BCUT2D eigenvalue weighted by Crippen LogP contribution is -2.27. The van der Waals surface area contributed by atoms with Crippen molar-refractivity contribution in [1.82, 2.24) is 9.78 Å². The summed E-state index contributed by atoms with van der Waals surface area (Å²) >= 11 is 0. The molecule has 1 unspecified atom stereocenters. The molecule has 21 heavy (non-hydrogen) atoms. The summed E-state index contributed by atoms with van der Waals surface area (Å²) in [5.74, 6) is -1.42. The van der Waals surface area contributed by atoms with Gasteiger partial charge in [0.1, 0.15) is 11.7 Å². The van der Waals surface area contributed by atoms with Gasteiger partial charge in [-0.15, -0.1) is 0 Å². The first-order valence-corrected chi connectivity index (χ1v) is 6.55. The number of anilines is 1. The average molecular weight is 287 g/mol. The number of nitrogens with one attached hydrogen (secondary N) is 1. The van der Waals surface area contributed by atoms with Crippen molar-refractivity contribution in [1.29, 1.82) is 0 Å². The molecule has 1 aromatic heterocycles. The number of carboxylic acids is 1. The van der Waals surface area contributed by atoms with Crippen LogP contribution in [0, 0.1) is 13.8 Å². The van der Waals surface area contributed by atoms with Crippen LogP contribution in [0.4, 0.5) is 5.69 Å². The quantitative estimate of drug-likeness (QED) is 0.904. The SMILES string of the molecule is Cc1cccc(NC(=O)C(C)n2nccc2C(=O)O)c1C. The van der Waals surface area contributed by atoms with E-state index in [1.807, 2.05) is 32.0 Å². The molecule has 0 aliphatic heterocycles. The van der Waals surface area contributed by atoms with Crippen molar-refractivity contribution in [2.24, 2.45) is 0 Å². The van der Waals surface area contributed by atoms with E-state index in [9.17, 15) is 9.59 Å². The number of aromatic carboxylic acids is 1. The summed E-state index contributed by atoms with van der Waals surface area (Å²) in [4.78, 5) is 23.4. The lowest BCUT2D eigenvalue weighted by atomic mass is 10.1. The molecule has 6 heteroatoms. The number of aryl methyl sites for hydroxylation is 1. The molecule has 1 aromatic carbocycles. The fourth-order valence-electron chi connectivity index (χ4n) is 2.03. The number of aromatic nitrogens is 2. The lowest BCUT2D eigenvalue weighted by Gasteiger charge is -2.16. The van der Waals surface area contributed by atoms with E-state index in [0.29, 0.717) is 0 Å². The Morgan fingerprint density at radius 2 is 2.00 bits per heavy atom. The standard InChI is InChI=1S/C15H17N3O3/c1-9-5-4-6-12(10(9)2)17-14(19)11(3)18-13(15(20)21)7-8-16-18/h4-8,11H,1-3H3,(H,17,19)(H,20,21). The van der Waals surface area contributed by atoms with Crippen LogP contribution in [0.1, 0.15) is 34.6 Å². The number of rotatable bonds is 4. The largest absolute Gasteiger partial charge is 0.477 e. The summed E-state index contributed by atoms with van der Waals surface area (Å²) in [6, 6.07) is 6.29. The Labute approximate surface area is 122 Å². The van der Waals surface area contributed by atoms with Gasteiger partial charge in [-0.1, -0.05) is 12.1 Å². The van der Waals surface area contributed by atoms with Crippen molar-refractivity contribution < 1.29 is 14.7 Å². The van der Waals surface area contributed by atoms with Crippen LogP contribution in [-0.4, -0.2) is 26.8 Å². The van der Waals surface area contributed by atoms with E-state index in [-0.39, 0.29) is 11.6 Å². The zero-order chi connectivity index (χ0) is 15.6. The van der Waals surface area contributed by atoms with Crippen LogP contribution in [0.2, 0.25) is 0 Å². The van der Waals surface area contributed by atoms with Crippen LogP contribution in [0.25, 0.3) is 0 Å². The van der Waals surface area contributed by atoms with Crippen LogP contribution >= 0.6 is 0 Å². The third kappa shape index (κ3) is 2.94. The fraction of sp³-hybridized carbons (Fsp3) is 0.267. The van der Waals surface area contributed by atoms with Gasteiger partial charge in [-0.25, -0.2) is 9.48 Å². The Hall–Kier alpha value is -2.63. The van der Waals surface area contributed by atoms with Crippen molar-refractivity contribution in [3.63, 3.8) is 0 Å². The lowest BCUT2D eigenvalue weighted by molar-refractivity contribution is -0.119. The summed E-state index contributed by atoms with van der Waals surface area (Å²) in [6.45, 7) is 5.50. The molecule has 0 spiro atoms. The molecule has 0 saturated heterocycles. The van der Waals surface area contributed by atoms with Gasteiger partial charge in [-0.05, 0) is 44.0 Å². The summed E-state index contributed by atoms with van der Waals surface area (Å²) in [7, 11) is 0. The van der Waals surface area contributed by atoms with Gasteiger partial charge in [0.05, 0.1) is 0 Å². The van der Waals surface area contributed by atoms with Crippen LogP contribution in [0.5, 0.6) is 0 Å². The Morgan fingerprint density at radius 1 is 1.29 bits per heavy atom. The number of hydrogen-bond acceptors (Lipinski definition) is 3. The molecule has 6 nitrogen and oxygen atoms in total. The van der Waals surface area contributed by atoms with Gasteiger partial charge in [-0.3, -0.25) is 4.79 Å². The van der Waals surface area contributed by atoms with Crippen LogP contribution in [0.3, 0.4) is 0 Å². The molecular formula is C15H17N3O3. The molecule has 1 heterocycles. The monoisotopic (exact) mass is 287 g/mol. The number of carbonyl (C=O) groups is 2. The maximum atomic E-state index is 12.3. The Balaban J connectivity index is 2.22. The predicted molar refractivity (Wildman–Crippen MR) is 78.4 cm³/mol. The normalized spacial score (nSPS) is 12.0. The molecule has 0 radical (unpaired) electrons. The van der Waals surface area contributed by atoms with E-state index in [1.54, 1.807) is 6.92 Å². The van der Waals surface area contributed by atoms with Gasteiger partial charge in [-0.2, -0.15) is 5.10 Å². The fourth-order valence-corrected chi connectivity index (χ4v) is 2.03. The number of carbonyl (C=O) groups excluding carboxylic acids is 1. The summed E-state index contributed by atoms with van der Waals surface area (Å²) in [5, 5.41) is 15.8. The molecule has 1 amide bonds. The molecule has 0 bridgehead atoms. The van der Waals surface area contributed by atoms with Crippen molar-refractivity contribution in [2.75, 3.05) is 5.32 Å². The Bertz CT molecular complexity index is 691. The van der Waals surface area contributed by atoms with E-state index in [4.69, 9.17) is 5.11 Å². The average Bonchev–Trinajstić information content (AvgIpc) is 2.92. The first-order chi connectivity index (χ1) is 9.91. The number of benzene rings is 1. The second-order valence-corrected chi connectivity index (χ2v) is 4.88. The van der Waals surface area contributed by atoms with Crippen molar-refractivity contribution >= 4 is 17.6 Å². The van der Waals surface area contributed by atoms with Gasteiger partial charge < -0.3 is 10.4 Å². The number of nitrogens with zero attached hydrogens (tertiary/aromatic N) is 2.